The van der Waals surface area contributed by atoms with Gasteiger partial charge in [-0.3, -0.25) is 4.68 Å². The molecule has 0 aliphatic carbocycles. The second kappa shape index (κ2) is 5.14. The quantitative estimate of drug-likeness (QED) is 0.698. The molecule has 0 aliphatic heterocycles. The highest BCUT2D eigenvalue weighted by Gasteiger charge is 2.04. The Labute approximate surface area is 114 Å². The van der Waals surface area contributed by atoms with Crippen LogP contribution in [0.4, 0.5) is 5.69 Å². The Morgan fingerprint density at radius 1 is 1.35 bits per heavy atom. The summed E-state index contributed by atoms with van der Waals surface area (Å²) in [5.74, 6) is 0.891. The summed E-state index contributed by atoms with van der Waals surface area (Å²) in [5.41, 5.74) is 8.85. The van der Waals surface area contributed by atoms with Crippen molar-refractivity contribution < 1.29 is 0 Å². The van der Waals surface area contributed by atoms with E-state index in [0.717, 1.165) is 21.6 Å². The largest absolute Gasteiger partial charge is 0.399 e. The Hall–Kier alpha value is -0.940. The van der Waals surface area contributed by atoms with E-state index in [1.807, 2.05) is 30.8 Å². The minimum Gasteiger partial charge on any atom is -0.399 e. The molecule has 1 aromatic carbocycles. The van der Waals surface area contributed by atoms with Crippen molar-refractivity contribution in [2.45, 2.75) is 17.7 Å². The van der Waals surface area contributed by atoms with E-state index in [4.69, 9.17) is 5.73 Å². The molecule has 2 N–H and O–H groups in total. The zero-order valence-corrected chi connectivity index (χ0v) is 12.2. The fourth-order valence-electron chi connectivity index (χ4n) is 1.64. The molecule has 0 atom stereocenters. The molecular formula is C12H14BrN3S. The van der Waals surface area contributed by atoms with Crippen LogP contribution in [0.1, 0.15) is 11.3 Å². The molecule has 0 saturated heterocycles. The van der Waals surface area contributed by atoms with E-state index in [9.17, 15) is 0 Å². The lowest BCUT2D eigenvalue weighted by Gasteiger charge is -2.04. The third kappa shape index (κ3) is 3.26. The van der Waals surface area contributed by atoms with E-state index in [1.165, 1.54) is 10.6 Å². The van der Waals surface area contributed by atoms with Gasteiger partial charge in [0, 0.05) is 23.0 Å². The highest BCUT2D eigenvalue weighted by Crippen LogP contribution is 2.26. The van der Waals surface area contributed by atoms with Gasteiger partial charge in [0.25, 0.3) is 0 Å². The lowest BCUT2D eigenvalue weighted by molar-refractivity contribution is 0.692. The monoisotopic (exact) mass is 311 g/mol. The number of benzene rings is 1. The Morgan fingerprint density at radius 3 is 2.71 bits per heavy atom. The predicted octanol–water partition coefficient (Wildman–Crippen LogP) is 3.37. The highest BCUT2D eigenvalue weighted by atomic mass is 79.9. The summed E-state index contributed by atoms with van der Waals surface area (Å²) in [7, 11) is 1.96. The molecule has 0 amide bonds. The number of hydrogen-bond donors (Lipinski definition) is 1. The van der Waals surface area contributed by atoms with Gasteiger partial charge >= 0.3 is 0 Å². The molecule has 17 heavy (non-hydrogen) atoms. The average molecular weight is 312 g/mol. The van der Waals surface area contributed by atoms with Crippen LogP contribution in [0.15, 0.2) is 33.8 Å². The van der Waals surface area contributed by atoms with Crippen molar-refractivity contribution in [3.05, 3.63) is 40.0 Å². The van der Waals surface area contributed by atoms with Gasteiger partial charge in [0.05, 0.1) is 10.7 Å². The number of aryl methyl sites for hydroxylation is 2. The first-order valence-corrected chi connectivity index (χ1v) is 7.01. The van der Waals surface area contributed by atoms with Gasteiger partial charge in [-0.2, -0.15) is 5.10 Å². The van der Waals surface area contributed by atoms with E-state index in [1.54, 1.807) is 11.8 Å². The summed E-state index contributed by atoms with van der Waals surface area (Å²) in [6.45, 7) is 2.00. The zero-order chi connectivity index (χ0) is 12.4. The Kier molecular flexibility index (Phi) is 3.79. The Bertz CT molecular complexity index is 516. The van der Waals surface area contributed by atoms with Gasteiger partial charge in [0.1, 0.15) is 0 Å². The lowest BCUT2D eigenvalue weighted by atomic mass is 10.2. The highest BCUT2D eigenvalue weighted by molar-refractivity contribution is 9.10. The van der Waals surface area contributed by atoms with Crippen LogP contribution >= 0.6 is 27.7 Å². The maximum absolute atomic E-state index is 5.81. The molecule has 0 saturated carbocycles. The maximum atomic E-state index is 5.81. The van der Waals surface area contributed by atoms with Crippen LogP contribution in [0.2, 0.25) is 0 Å². The van der Waals surface area contributed by atoms with Crippen LogP contribution in [-0.2, 0) is 12.8 Å². The van der Waals surface area contributed by atoms with Crippen molar-refractivity contribution in [2.24, 2.45) is 7.05 Å². The summed E-state index contributed by atoms with van der Waals surface area (Å²) < 4.78 is 2.93. The van der Waals surface area contributed by atoms with Gasteiger partial charge in [-0.15, -0.1) is 11.8 Å². The van der Waals surface area contributed by atoms with Crippen molar-refractivity contribution in [3.8, 4) is 0 Å². The summed E-state index contributed by atoms with van der Waals surface area (Å²) in [6.07, 6.45) is 0. The molecule has 3 nitrogen and oxygen atoms in total. The molecule has 5 heteroatoms. The van der Waals surface area contributed by atoms with E-state index in [-0.39, 0.29) is 0 Å². The topological polar surface area (TPSA) is 43.8 Å². The number of anilines is 1. The lowest BCUT2D eigenvalue weighted by Crippen LogP contribution is -1.93. The number of hydrogen-bond acceptors (Lipinski definition) is 3. The number of nitrogen functional groups attached to an aromatic ring is 1. The van der Waals surface area contributed by atoms with Crippen molar-refractivity contribution in [1.82, 2.24) is 9.78 Å². The first-order valence-electron chi connectivity index (χ1n) is 5.23. The van der Waals surface area contributed by atoms with E-state index < -0.39 is 0 Å². The van der Waals surface area contributed by atoms with Crippen molar-refractivity contribution in [3.63, 3.8) is 0 Å². The van der Waals surface area contributed by atoms with Crippen molar-refractivity contribution in [1.29, 1.82) is 0 Å². The normalized spacial score (nSPS) is 10.8. The molecule has 0 unspecified atom stereocenters. The summed E-state index contributed by atoms with van der Waals surface area (Å²) in [6, 6.07) is 8.09. The Balaban J connectivity index is 2.09. The van der Waals surface area contributed by atoms with E-state index in [0.29, 0.717) is 0 Å². The van der Waals surface area contributed by atoms with Gasteiger partial charge < -0.3 is 5.73 Å². The standard InChI is InChI=1S/C12H14BrN3S/c1-8-3-12(16(2)15-8)17-7-9-4-10(13)6-11(14)5-9/h3-6H,7,14H2,1-2H3. The number of thioether (sulfide) groups is 1. The Morgan fingerprint density at radius 2 is 2.12 bits per heavy atom. The predicted molar refractivity (Wildman–Crippen MR) is 76.1 cm³/mol. The number of halogens is 1. The second-order valence-electron chi connectivity index (χ2n) is 3.93. The van der Waals surface area contributed by atoms with E-state index >= 15 is 0 Å². The SMILES string of the molecule is Cc1cc(SCc2cc(N)cc(Br)c2)n(C)n1. The first kappa shape index (κ1) is 12.5. The maximum Gasteiger partial charge on any atom is 0.0942 e. The smallest absolute Gasteiger partial charge is 0.0942 e. The van der Waals surface area contributed by atoms with E-state index in [2.05, 4.69) is 33.2 Å². The van der Waals surface area contributed by atoms with Crippen molar-refractivity contribution in [2.75, 3.05) is 5.73 Å². The van der Waals surface area contributed by atoms with Crippen molar-refractivity contribution >= 4 is 33.4 Å². The number of aromatic nitrogens is 2. The summed E-state index contributed by atoms with van der Waals surface area (Å²) in [4.78, 5) is 0. The third-order valence-corrected chi connectivity index (χ3v) is 3.94. The molecule has 2 aromatic rings. The van der Waals surface area contributed by atoms with Crippen LogP contribution < -0.4 is 5.73 Å². The summed E-state index contributed by atoms with van der Waals surface area (Å²) >= 11 is 5.21. The minimum atomic E-state index is 0.788. The van der Waals surface area contributed by atoms with Gasteiger partial charge in [-0.05, 0) is 36.8 Å². The molecule has 0 spiro atoms. The minimum absolute atomic E-state index is 0.788. The third-order valence-electron chi connectivity index (χ3n) is 2.33. The second-order valence-corrected chi connectivity index (χ2v) is 5.84. The molecule has 0 radical (unpaired) electrons. The molecular weight excluding hydrogens is 298 g/mol. The molecule has 90 valence electrons. The average Bonchev–Trinajstić information content (AvgIpc) is 2.53. The molecule has 1 aromatic heterocycles. The summed E-state index contributed by atoms with van der Waals surface area (Å²) in [5, 5.41) is 5.49. The molecule has 2 rings (SSSR count). The van der Waals surface area contributed by atoms with Crippen LogP contribution in [0.25, 0.3) is 0 Å². The zero-order valence-electron chi connectivity index (χ0n) is 9.77. The number of nitrogens with two attached hydrogens (primary N) is 1. The molecule has 0 bridgehead atoms. The van der Waals surface area contributed by atoms with Crippen LogP contribution in [0.5, 0.6) is 0 Å². The van der Waals surface area contributed by atoms with Gasteiger partial charge in [-0.25, -0.2) is 0 Å². The van der Waals surface area contributed by atoms with Gasteiger partial charge in [-0.1, -0.05) is 15.9 Å². The number of nitrogens with zero attached hydrogens (tertiary/aromatic N) is 2. The van der Waals surface area contributed by atoms with Gasteiger partial charge in [0.2, 0.25) is 0 Å². The van der Waals surface area contributed by atoms with Gasteiger partial charge in [0.15, 0.2) is 0 Å². The molecule has 0 aliphatic rings. The fraction of sp³-hybridized carbons (Fsp3) is 0.250. The molecule has 1 heterocycles. The van der Waals surface area contributed by atoms with Crippen LogP contribution in [0.3, 0.4) is 0 Å². The number of rotatable bonds is 3. The van der Waals surface area contributed by atoms with Crippen LogP contribution in [0, 0.1) is 6.92 Å². The van der Waals surface area contributed by atoms with Crippen LogP contribution in [-0.4, -0.2) is 9.78 Å². The fourth-order valence-corrected chi connectivity index (χ4v) is 3.16. The first-order chi connectivity index (χ1) is 8.04. The molecule has 0 fully saturated rings.